The highest BCUT2D eigenvalue weighted by molar-refractivity contribution is 14.1. The zero-order chi connectivity index (χ0) is 40.6. The third-order valence-corrected chi connectivity index (χ3v) is 9.11. The molecule has 0 aromatic heterocycles. The maximum Gasteiger partial charge on any atom is 0.409 e. The summed E-state index contributed by atoms with van der Waals surface area (Å²) in [5, 5.41) is 47.1. The molecule has 3 aliphatic heterocycles. The molecule has 3 heterocycles. The summed E-state index contributed by atoms with van der Waals surface area (Å²) in [5.74, 6) is -1.44. The summed E-state index contributed by atoms with van der Waals surface area (Å²) in [6.45, 7) is 11.2. The van der Waals surface area contributed by atoms with Crippen LogP contribution in [-0.2, 0) is 9.47 Å². The van der Waals surface area contributed by atoms with Gasteiger partial charge in [-0.15, -0.1) is 0 Å². The summed E-state index contributed by atoms with van der Waals surface area (Å²) in [4.78, 5) is 70.1. The number of aromatic carboxylic acids is 1. The number of piperazine rings is 3. The number of methoxy groups -OCH3 is 2. The number of ether oxygens (including phenoxy) is 2. The Labute approximate surface area is 339 Å². The fourth-order valence-corrected chi connectivity index (χ4v) is 5.62. The van der Waals surface area contributed by atoms with Crippen LogP contribution in [0.4, 0.5) is 21.0 Å². The molecular weight excluding hydrogens is 942 g/mol. The fourth-order valence-electron chi connectivity index (χ4n) is 4.56. The molecule has 5 rings (SSSR count). The van der Waals surface area contributed by atoms with Crippen molar-refractivity contribution in [3.8, 4) is 0 Å². The van der Waals surface area contributed by atoms with Crippen LogP contribution in [0, 0.1) is 27.4 Å². The van der Waals surface area contributed by atoms with Crippen LogP contribution in [0.3, 0.4) is 0 Å². The van der Waals surface area contributed by atoms with E-state index in [0.29, 0.717) is 33.3 Å². The number of carboxylic acids is 1. The van der Waals surface area contributed by atoms with E-state index in [9.17, 15) is 39.4 Å². The van der Waals surface area contributed by atoms with E-state index in [0.717, 1.165) is 58.4 Å². The second-order valence-corrected chi connectivity index (χ2v) is 13.2. The lowest BCUT2D eigenvalue weighted by Crippen LogP contribution is -2.50. The van der Waals surface area contributed by atoms with Gasteiger partial charge in [0.2, 0.25) is 0 Å². The van der Waals surface area contributed by atoms with Gasteiger partial charge >= 0.3 is 18.2 Å². The van der Waals surface area contributed by atoms with E-state index in [4.69, 9.17) is 10.2 Å². The van der Waals surface area contributed by atoms with Crippen molar-refractivity contribution in [1.82, 2.24) is 30.7 Å². The average molecular weight is 989 g/mol. The van der Waals surface area contributed by atoms with Crippen molar-refractivity contribution in [2.75, 3.05) is 99.4 Å². The minimum atomic E-state index is -1.17. The Kier molecular flexibility index (Phi) is 23.8. The first-order valence-electron chi connectivity index (χ1n) is 16.5. The zero-order valence-corrected chi connectivity index (χ0v) is 34.4. The minimum absolute atomic E-state index is 0.0767. The lowest BCUT2D eigenvalue weighted by atomic mass is 10.1. The summed E-state index contributed by atoms with van der Waals surface area (Å²) in [7, 11) is 2.72. The van der Waals surface area contributed by atoms with Gasteiger partial charge in [-0.25, -0.2) is 14.4 Å². The highest BCUT2D eigenvalue weighted by Crippen LogP contribution is 2.23. The molecule has 5 N–H and O–H groups in total. The second kappa shape index (κ2) is 26.7. The number of carbonyl (C=O) groups excluding carboxylic acids is 3. The van der Waals surface area contributed by atoms with Crippen molar-refractivity contribution >= 4 is 80.6 Å². The topological polar surface area (TPSA) is 259 Å². The van der Waals surface area contributed by atoms with Crippen LogP contribution in [0.25, 0.3) is 0 Å². The smallest absolute Gasteiger partial charge is 0.409 e. The maximum absolute atomic E-state index is 12.4. The molecule has 0 unspecified atom stereocenters. The van der Waals surface area contributed by atoms with Crippen molar-refractivity contribution in [1.29, 1.82) is 0 Å². The Morgan fingerprint density at radius 2 is 1.04 bits per heavy atom. The summed E-state index contributed by atoms with van der Waals surface area (Å²) in [6, 6.07) is 8.20. The zero-order valence-electron chi connectivity index (χ0n) is 30.1. The predicted molar refractivity (Wildman–Crippen MR) is 214 cm³/mol. The van der Waals surface area contributed by atoms with Gasteiger partial charge in [-0.2, -0.15) is 0 Å². The molecule has 0 saturated carbocycles. The Bertz CT molecular complexity index is 1530. The highest BCUT2D eigenvalue weighted by Gasteiger charge is 2.26. The number of nitro benzene ring substituents is 2. The van der Waals surface area contributed by atoms with Crippen LogP contribution < -0.4 is 16.0 Å². The molecule has 20 nitrogen and oxygen atoms in total. The molecule has 0 atom stereocenters. The quantitative estimate of drug-likeness (QED) is 0.168. The van der Waals surface area contributed by atoms with Crippen LogP contribution in [0.2, 0.25) is 0 Å². The fraction of sp³-hybridized carbons (Fsp3) is 0.500. The van der Waals surface area contributed by atoms with Crippen molar-refractivity contribution in [3.05, 3.63) is 74.9 Å². The molecule has 0 bridgehead atoms. The van der Waals surface area contributed by atoms with Gasteiger partial charge < -0.3 is 50.3 Å². The van der Waals surface area contributed by atoms with E-state index in [1.54, 1.807) is 51.4 Å². The van der Waals surface area contributed by atoms with Gasteiger partial charge in [-0.3, -0.25) is 25.0 Å². The number of nitro groups is 2. The standard InChI is InChI=1S/C13H14IN3O5.C7H4INO4.C6H12N2O2.C4H10N2.C2H6O/c1-22-13(19)16-6-4-15(5-7-16)12(18)9-2-3-10(14)11(8-9)17(20)21;8-5-2-1-4(7(10)11)3-6(5)9(12)13;1-10-6(9)8-4-2-7-3-5-8;1-2-6-4-3-5-1;1-2-3/h2-3,8H,4-7H2,1H3;1-3H,(H,10,11);7H,2-5H2,1H3;5-6H,1-4H2;3H,2H2,1H3. The van der Waals surface area contributed by atoms with Crippen molar-refractivity contribution < 1.29 is 48.7 Å². The Morgan fingerprint density at radius 3 is 1.41 bits per heavy atom. The van der Waals surface area contributed by atoms with E-state index < -0.39 is 21.9 Å². The number of benzene rings is 2. The molecule has 3 saturated heterocycles. The number of nitrogens with zero attached hydrogens (tertiary/aromatic N) is 5. The van der Waals surface area contributed by atoms with E-state index in [-0.39, 0.29) is 41.1 Å². The summed E-state index contributed by atoms with van der Waals surface area (Å²) >= 11 is 3.64. The molecule has 54 heavy (non-hydrogen) atoms. The molecule has 0 spiro atoms. The van der Waals surface area contributed by atoms with Crippen LogP contribution in [0.1, 0.15) is 27.6 Å². The Morgan fingerprint density at radius 1 is 0.685 bits per heavy atom. The van der Waals surface area contributed by atoms with Crippen molar-refractivity contribution in [3.63, 3.8) is 0 Å². The Balaban J connectivity index is 0.000000385. The van der Waals surface area contributed by atoms with Crippen molar-refractivity contribution in [2.24, 2.45) is 0 Å². The maximum atomic E-state index is 12.4. The van der Waals surface area contributed by atoms with E-state index >= 15 is 0 Å². The number of aliphatic hydroxyl groups is 1. The Hall–Kier alpha value is -3.98. The number of carbonyl (C=O) groups is 4. The predicted octanol–water partition coefficient (Wildman–Crippen LogP) is 2.46. The molecule has 22 heteroatoms. The number of aliphatic hydroxyl groups excluding tert-OH is 1. The summed E-state index contributed by atoms with van der Waals surface area (Å²) in [5.41, 5.74) is -0.0640. The highest BCUT2D eigenvalue weighted by atomic mass is 127. The van der Waals surface area contributed by atoms with Gasteiger partial charge in [-0.05, 0) is 76.4 Å². The third kappa shape index (κ3) is 17.4. The number of hydrogen-bond acceptors (Lipinski definition) is 14. The third-order valence-electron chi connectivity index (χ3n) is 7.29. The van der Waals surface area contributed by atoms with Crippen LogP contribution in [-0.4, -0.2) is 158 Å². The molecule has 0 radical (unpaired) electrons. The lowest BCUT2D eigenvalue weighted by Gasteiger charge is -2.33. The van der Waals surface area contributed by atoms with Gasteiger partial charge in [0.25, 0.3) is 17.3 Å². The molecule has 2 aromatic carbocycles. The van der Waals surface area contributed by atoms with Gasteiger partial charge in [0.05, 0.1) is 36.8 Å². The number of nitrogens with one attached hydrogen (secondary N) is 3. The molecule has 3 aliphatic rings. The molecule has 300 valence electrons. The van der Waals surface area contributed by atoms with E-state index in [1.165, 1.54) is 37.3 Å². The molecular formula is C32H46I2N8O12. The SMILES string of the molecule is C1CNCCN1.CCO.COC(=O)N1CCN(C(=O)c2ccc(I)c([N+](=O)[O-])c2)CC1.COC(=O)N1CCNCC1.O=C(O)c1ccc(I)c([N+](=O)[O-])c1. The van der Waals surface area contributed by atoms with Crippen LogP contribution in [0.15, 0.2) is 36.4 Å². The largest absolute Gasteiger partial charge is 0.478 e. The van der Waals surface area contributed by atoms with E-state index in [1.807, 2.05) is 22.6 Å². The number of rotatable bonds is 4. The minimum Gasteiger partial charge on any atom is -0.478 e. The summed E-state index contributed by atoms with van der Waals surface area (Å²) in [6.07, 6.45) is -0.640. The normalized spacial score (nSPS) is 14.7. The monoisotopic (exact) mass is 988 g/mol. The van der Waals surface area contributed by atoms with Gasteiger partial charge in [0, 0.05) is 103 Å². The second-order valence-electron chi connectivity index (χ2n) is 10.9. The number of hydrogen-bond donors (Lipinski definition) is 5. The van der Waals surface area contributed by atoms with Gasteiger partial charge in [0.1, 0.15) is 0 Å². The first kappa shape index (κ1) is 48.0. The lowest BCUT2D eigenvalue weighted by molar-refractivity contribution is -0.386. The van der Waals surface area contributed by atoms with Gasteiger partial charge in [-0.1, -0.05) is 0 Å². The number of amides is 3. The first-order chi connectivity index (χ1) is 25.7. The summed E-state index contributed by atoms with van der Waals surface area (Å²) < 4.78 is 10.1. The number of carboxylic acid groups (broad SMARTS) is 1. The van der Waals surface area contributed by atoms with Crippen LogP contribution >= 0.6 is 45.2 Å². The molecule has 3 fully saturated rings. The molecule has 3 amide bonds. The average Bonchev–Trinajstić information content (AvgIpc) is 3.19. The molecule has 0 aliphatic carbocycles. The van der Waals surface area contributed by atoms with E-state index in [2.05, 4.69) is 25.4 Å². The van der Waals surface area contributed by atoms with Crippen molar-refractivity contribution in [2.45, 2.75) is 6.92 Å². The number of halogens is 2. The first-order valence-corrected chi connectivity index (χ1v) is 18.7. The molecule has 2 aromatic rings. The van der Waals surface area contributed by atoms with Crippen LogP contribution in [0.5, 0.6) is 0 Å². The van der Waals surface area contributed by atoms with Gasteiger partial charge in [0.15, 0.2) is 0 Å².